The van der Waals surface area contributed by atoms with Gasteiger partial charge in [0, 0.05) is 41.2 Å². The minimum absolute atomic E-state index is 0.0409. The van der Waals surface area contributed by atoms with Crippen LogP contribution in [0.2, 0.25) is 10.0 Å². The Morgan fingerprint density at radius 3 is 2.09 bits per heavy atom. The second kappa shape index (κ2) is 12.6. The van der Waals surface area contributed by atoms with Crippen molar-refractivity contribution < 1.29 is 18.0 Å². The van der Waals surface area contributed by atoms with E-state index in [0.717, 1.165) is 11.8 Å². The monoisotopic (exact) mass is 541 g/mol. The lowest BCUT2D eigenvalue weighted by Crippen LogP contribution is -2.49. The molecule has 0 radical (unpaired) electrons. The van der Waals surface area contributed by atoms with Crippen LogP contribution in [0, 0.1) is 6.92 Å². The number of carbonyl (C=O) groups is 2. The molecule has 192 valence electrons. The van der Waals surface area contributed by atoms with E-state index in [9.17, 15) is 18.0 Å². The molecule has 2 rings (SSSR count). The molecule has 0 aromatic heterocycles. The Bertz CT molecular complexity index is 1120. The van der Waals surface area contributed by atoms with Crippen LogP contribution in [0.4, 0.5) is 5.69 Å². The van der Waals surface area contributed by atoms with Crippen LogP contribution in [0.3, 0.4) is 0 Å². The van der Waals surface area contributed by atoms with E-state index in [-0.39, 0.29) is 43.8 Å². The third-order valence-electron chi connectivity index (χ3n) is 5.46. The van der Waals surface area contributed by atoms with Crippen molar-refractivity contribution in [1.29, 1.82) is 0 Å². The number of nitrogens with zero attached hydrogens (tertiary/aromatic N) is 2. The number of carbonyl (C=O) groups excluding carboxylic acids is 2. The smallest absolute Gasteiger partial charge is 0.242 e. The number of anilines is 1. The fourth-order valence-corrected chi connectivity index (χ4v) is 5.04. The fourth-order valence-electron chi connectivity index (χ4n) is 3.56. The highest BCUT2D eigenvalue weighted by Gasteiger charge is 2.28. The lowest BCUT2D eigenvalue weighted by Gasteiger charge is -2.30. The zero-order valence-corrected chi connectivity index (χ0v) is 23.0. The van der Waals surface area contributed by atoms with Crippen molar-refractivity contribution in [1.82, 2.24) is 10.2 Å². The number of halogens is 2. The number of amides is 2. The van der Waals surface area contributed by atoms with E-state index in [1.165, 1.54) is 9.21 Å². The number of aryl methyl sites for hydroxylation is 1. The minimum atomic E-state index is -3.54. The second-order valence-electron chi connectivity index (χ2n) is 8.84. The van der Waals surface area contributed by atoms with Crippen molar-refractivity contribution in [3.05, 3.63) is 63.6 Å². The molecule has 2 amide bonds. The summed E-state index contributed by atoms with van der Waals surface area (Å²) in [7, 11) is -3.54. The second-order valence-corrected chi connectivity index (χ2v) is 11.6. The first kappa shape index (κ1) is 28.9. The number of hydrogen-bond donors (Lipinski definition) is 1. The highest BCUT2D eigenvalue weighted by molar-refractivity contribution is 7.92. The van der Waals surface area contributed by atoms with Gasteiger partial charge in [0.1, 0.15) is 6.04 Å². The predicted molar refractivity (Wildman–Crippen MR) is 142 cm³/mol. The van der Waals surface area contributed by atoms with Crippen LogP contribution < -0.4 is 9.62 Å². The maximum atomic E-state index is 13.3. The first-order valence-electron chi connectivity index (χ1n) is 11.4. The summed E-state index contributed by atoms with van der Waals surface area (Å²) < 4.78 is 26.1. The molecular formula is C25H33Cl2N3O4S. The van der Waals surface area contributed by atoms with Crippen LogP contribution in [-0.4, -0.2) is 50.0 Å². The van der Waals surface area contributed by atoms with Gasteiger partial charge < -0.3 is 10.2 Å². The summed E-state index contributed by atoms with van der Waals surface area (Å²) in [5.74, 6) is -0.598. The van der Waals surface area contributed by atoms with E-state index in [0.29, 0.717) is 21.3 Å². The van der Waals surface area contributed by atoms with Crippen LogP contribution in [0.1, 0.15) is 44.7 Å². The van der Waals surface area contributed by atoms with Crippen LogP contribution in [0.15, 0.2) is 42.5 Å². The topological polar surface area (TPSA) is 86.8 Å². The lowest BCUT2D eigenvalue weighted by atomic mass is 10.1. The summed E-state index contributed by atoms with van der Waals surface area (Å²) in [5, 5.41) is 3.62. The quantitative estimate of drug-likeness (QED) is 0.443. The molecule has 2 aromatic carbocycles. The van der Waals surface area contributed by atoms with Gasteiger partial charge in [0.2, 0.25) is 21.8 Å². The molecule has 0 saturated heterocycles. The number of hydrogen-bond acceptors (Lipinski definition) is 4. The molecule has 1 atom stereocenters. The Kier molecular flexibility index (Phi) is 10.4. The van der Waals surface area contributed by atoms with Gasteiger partial charge in [0.25, 0.3) is 0 Å². The van der Waals surface area contributed by atoms with E-state index < -0.39 is 16.1 Å². The molecule has 10 heteroatoms. The Balaban J connectivity index is 2.22. The molecule has 0 saturated carbocycles. The van der Waals surface area contributed by atoms with Crippen LogP contribution in [0.25, 0.3) is 0 Å². The van der Waals surface area contributed by atoms with E-state index in [4.69, 9.17) is 23.2 Å². The lowest BCUT2D eigenvalue weighted by molar-refractivity contribution is -0.140. The molecule has 1 N–H and O–H groups in total. The standard InChI is InChI=1S/C25H33Cl2N3O4S/c1-17(2)28-25(32)19(4)29(16-21-22(26)8-6-9-23(21)27)24(31)10-7-15-30(35(5,33)34)20-13-11-18(3)12-14-20/h6,8-9,11-14,17,19H,7,10,15-16H2,1-5H3,(H,28,32)/t19-/m1/s1. The summed E-state index contributed by atoms with van der Waals surface area (Å²) in [6.07, 6.45) is 1.45. The Morgan fingerprint density at radius 1 is 1.00 bits per heavy atom. The molecule has 0 bridgehead atoms. The average molecular weight is 543 g/mol. The third-order valence-corrected chi connectivity index (χ3v) is 7.36. The first-order chi connectivity index (χ1) is 16.3. The highest BCUT2D eigenvalue weighted by Crippen LogP contribution is 2.27. The molecule has 0 aliphatic heterocycles. The number of benzene rings is 2. The van der Waals surface area contributed by atoms with E-state index in [2.05, 4.69) is 5.32 Å². The molecule has 0 spiro atoms. The molecule has 7 nitrogen and oxygen atoms in total. The number of nitrogens with one attached hydrogen (secondary N) is 1. The van der Waals surface area contributed by atoms with E-state index in [1.54, 1.807) is 37.3 Å². The van der Waals surface area contributed by atoms with Gasteiger partial charge in [-0.15, -0.1) is 0 Å². The van der Waals surface area contributed by atoms with E-state index >= 15 is 0 Å². The van der Waals surface area contributed by atoms with Crippen LogP contribution in [0.5, 0.6) is 0 Å². The number of rotatable bonds is 11. The highest BCUT2D eigenvalue weighted by atomic mass is 35.5. The van der Waals surface area contributed by atoms with Gasteiger partial charge in [-0.1, -0.05) is 47.0 Å². The third kappa shape index (κ3) is 8.40. The molecule has 0 heterocycles. The van der Waals surface area contributed by atoms with Crippen LogP contribution >= 0.6 is 23.2 Å². The summed E-state index contributed by atoms with van der Waals surface area (Å²) >= 11 is 12.7. The normalized spacial score (nSPS) is 12.3. The summed E-state index contributed by atoms with van der Waals surface area (Å²) in [4.78, 5) is 27.5. The number of sulfonamides is 1. The average Bonchev–Trinajstić information content (AvgIpc) is 2.75. The summed E-state index contributed by atoms with van der Waals surface area (Å²) in [5.41, 5.74) is 2.10. The zero-order chi connectivity index (χ0) is 26.3. The van der Waals surface area contributed by atoms with Crippen molar-refractivity contribution in [2.24, 2.45) is 0 Å². The molecule has 0 unspecified atom stereocenters. The molecular weight excluding hydrogens is 509 g/mol. The van der Waals surface area contributed by atoms with Crippen LogP contribution in [-0.2, 0) is 26.2 Å². The van der Waals surface area contributed by atoms with Gasteiger partial charge in [0.05, 0.1) is 11.9 Å². The van der Waals surface area contributed by atoms with Gasteiger partial charge in [-0.2, -0.15) is 0 Å². The van der Waals surface area contributed by atoms with Gasteiger partial charge in [-0.25, -0.2) is 8.42 Å². The Morgan fingerprint density at radius 2 is 1.57 bits per heavy atom. The maximum Gasteiger partial charge on any atom is 0.242 e. The van der Waals surface area contributed by atoms with Gasteiger partial charge in [-0.3, -0.25) is 13.9 Å². The first-order valence-corrected chi connectivity index (χ1v) is 14.0. The predicted octanol–water partition coefficient (Wildman–Crippen LogP) is 4.79. The molecule has 0 aliphatic rings. The summed E-state index contributed by atoms with van der Waals surface area (Å²) in [6, 6.07) is 11.3. The van der Waals surface area contributed by atoms with Gasteiger partial charge >= 0.3 is 0 Å². The van der Waals surface area contributed by atoms with E-state index in [1.807, 2.05) is 32.9 Å². The molecule has 2 aromatic rings. The fraction of sp³-hybridized carbons (Fsp3) is 0.440. The van der Waals surface area contributed by atoms with Crippen molar-refractivity contribution in [3.63, 3.8) is 0 Å². The van der Waals surface area contributed by atoms with Crippen molar-refractivity contribution in [3.8, 4) is 0 Å². The Labute approximate surface area is 218 Å². The zero-order valence-electron chi connectivity index (χ0n) is 20.7. The maximum absolute atomic E-state index is 13.3. The largest absolute Gasteiger partial charge is 0.352 e. The molecule has 0 aliphatic carbocycles. The Hall–Kier alpha value is -2.29. The van der Waals surface area contributed by atoms with Crippen molar-refractivity contribution in [2.75, 3.05) is 17.1 Å². The summed E-state index contributed by atoms with van der Waals surface area (Å²) in [6.45, 7) is 7.43. The van der Waals surface area contributed by atoms with Gasteiger partial charge in [0.15, 0.2) is 0 Å². The van der Waals surface area contributed by atoms with Crippen molar-refractivity contribution >= 4 is 50.7 Å². The van der Waals surface area contributed by atoms with Crippen molar-refractivity contribution in [2.45, 2.75) is 59.2 Å². The molecule has 35 heavy (non-hydrogen) atoms. The molecule has 0 fully saturated rings. The van der Waals surface area contributed by atoms with Gasteiger partial charge in [-0.05, 0) is 58.4 Å². The SMILES string of the molecule is Cc1ccc(N(CCCC(=O)N(Cc2c(Cl)cccc2Cl)[C@H](C)C(=O)NC(C)C)S(C)(=O)=O)cc1. The minimum Gasteiger partial charge on any atom is -0.352 e.